The summed E-state index contributed by atoms with van der Waals surface area (Å²) in [5, 5.41) is 11.6. The van der Waals surface area contributed by atoms with Gasteiger partial charge in [-0.05, 0) is 42.3 Å². The maximum absolute atomic E-state index is 13.1. The first-order chi connectivity index (χ1) is 13.8. The van der Waals surface area contributed by atoms with Crippen molar-refractivity contribution < 1.29 is 27.4 Å². The Morgan fingerprint density at radius 2 is 1.97 bits per heavy atom. The fraction of sp³-hybridized carbons (Fsp3) is 0.333. The summed E-state index contributed by atoms with van der Waals surface area (Å²) in [7, 11) is 1.54. The Bertz CT molecular complexity index is 891. The summed E-state index contributed by atoms with van der Waals surface area (Å²) in [4.78, 5) is 12.5. The molecule has 0 heterocycles. The van der Waals surface area contributed by atoms with E-state index in [-0.39, 0.29) is 12.3 Å². The number of ether oxygens (including phenoxy) is 2. The number of rotatable bonds is 8. The SMILES string of the molecule is CCCC(Oc1ccc(C#N)c(C(F)(F)F)c1)C(=O)NCc1cccc(OC)c1. The molecule has 29 heavy (non-hydrogen) atoms. The summed E-state index contributed by atoms with van der Waals surface area (Å²) in [6.07, 6.45) is -4.73. The van der Waals surface area contributed by atoms with Crippen molar-refractivity contribution in [2.45, 2.75) is 38.6 Å². The predicted molar refractivity (Wildman–Crippen MR) is 100 cm³/mol. The minimum atomic E-state index is -4.70. The molecule has 0 aliphatic carbocycles. The number of alkyl halides is 3. The van der Waals surface area contributed by atoms with Crippen LogP contribution in [0.3, 0.4) is 0 Å². The molecule has 0 aromatic heterocycles. The van der Waals surface area contributed by atoms with Gasteiger partial charge in [0.1, 0.15) is 11.5 Å². The highest BCUT2D eigenvalue weighted by Gasteiger charge is 2.34. The number of amides is 1. The molecule has 0 spiro atoms. The summed E-state index contributed by atoms with van der Waals surface area (Å²) in [6, 6.07) is 11.7. The Hall–Kier alpha value is -3.21. The van der Waals surface area contributed by atoms with Crippen LogP contribution in [0, 0.1) is 11.3 Å². The van der Waals surface area contributed by atoms with Crippen LogP contribution in [0.15, 0.2) is 42.5 Å². The normalized spacial score (nSPS) is 12.0. The van der Waals surface area contributed by atoms with Crippen LogP contribution >= 0.6 is 0 Å². The number of methoxy groups -OCH3 is 1. The zero-order chi connectivity index (χ0) is 21.4. The molecule has 0 saturated carbocycles. The lowest BCUT2D eigenvalue weighted by Crippen LogP contribution is -2.38. The van der Waals surface area contributed by atoms with Gasteiger partial charge in [0, 0.05) is 6.54 Å². The van der Waals surface area contributed by atoms with Crippen molar-refractivity contribution in [3.8, 4) is 17.6 Å². The van der Waals surface area contributed by atoms with Crippen molar-refractivity contribution in [2.24, 2.45) is 0 Å². The first-order valence-corrected chi connectivity index (χ1v) is 8.97. The number of hydrogen-bond donors (Lipinski definition) is 1. The van der Waals surface area contributed by atoms with Crippen LogP contribution < -0.4 is 14.8 Å². The van der Waals surface area contributed by atoms with E-state index in [1.54, 1.807) is 18.2 Å². The van der Waals surface area contributed by atoms with E-state index < -0.39 is 29.3 Å². The second-order valence-corrected chi connectivity index (χ2v) is 6.28. The van der Waals surface area contributed by atoms with Gasteiger partial charge < -0.3 is 14.8 Å². The zero-order valence-electron chi connectivity index (χ0n) is 16.0. The van der Waals surface area contributed by atoms with E-state index in [0.29, 0.717) is 18.6 Å². The predicted octanol–water partition coefficient (Wildman–Crippen LogP) is 4.45. The molecule has 8 heteroatoms. The number of nitriles is 1. The molecular weight excluding hydrogens is 385 g/mol. The summed E-state index contributed by atoms with van der Waals surface area (Å²) < 4.78 is 50.1. The number of carbonyl (C=O) groups is 1. The van der Waals surface area contributed by atoms with E-state index in [4.69, 9.17) is 14.7 Å². The van der Waals surface area contributed by atoms with Crippen LogP contribution in [-0.4, -0.2) is 19.1 Å². The van der Waals surface area contributed by atoms with Crippen LogP contribution in [0.25, 0.3) is 0 Å². The first-order valence-electron chi connectivity index (χ1n) is 8.97. The second kappa shape index (κ2) is 9.82. The summed E-state index contributed by atoms with van der Waals surface area (Å²) in [5.74, 6) is 0.0919. The topological polar surface area (TPSA) is 71.3 Å². The van der Waals surface area contributed by atoms with Crippen molar-refractivity contribution in [2.75, 3.05) is 7.11 Å². The van der Waals surface area contributed by atoms with Crippen LogP contribution in [0.4, 0.5) is 13.2 Å². The number of nitrogens with zero attached hydrogens (tertiary/aromatic N) is 1. The van der Waals surface area contributed by atoms with Crippen molar-refractivity contribution in [1.29, 1.82) is 5.26 Å². The lowest BCUT2D eigenvalue weighted by molar-refractivity contribution is -0.137. The summed E-state index contributed by atoms with van der Waals surface area (Å²) >= 11 is 0. The largest absolute Gasteiger partial charge is 0.497 e. The Morgan fingerprint density at radius 3 is 2.59 bits per heavy atom. The number of carbonyl (C=O) groups excluding carboxylic acids is 1. The fourth-order valence-corrected chi connectivity index (χ4v) is 2.68. The molecule has 0 radical (unpaired) electrons. The van der Waals surface area contributed by atoms with Gasteiger partial charge in [0.15, 0.2) is 6.10 Å². The van der Waals surface area contributed by atoms with Gasteiger partial charge in [-0.3, -0.25) is 4.79 Å². The van der Waals surface area contributed by atoms with E-state index >= 15 is 0 Å². The lowest BCUT2D eigenvalue weighted by Gasteiger charge is -2.19. The van der Waals surface area contributed by atoms with E-state index in [2.05, 4.69) is 5.32 Å². The molecule has 154 valence electrons. The average Bonchev–Trinajstić information content (AvgIpc) is 2.71. The van der Waals surface area contributed by atoms with Crippen LogP contribution in [-0.2, 0) is 17.5 Å². The number of benzene rings is 2. The molecule has 0 bridgehead atoms. The van der Waals surface area contributed by atoms with Crippen molar-refractivity contribution >= 4 is 5.91 Å². The highest BCUT2D eigenvalue weighted by atomic mass is 19.4. The molecule has 1 N–H and O–H groups in total. The van der Waals surface area contributed by atoms with Gasteiger partial charge in [0.05, 0.1) is 24.3 Å². The van der Waals surface area contributed by atoms with Crippen LogP contribution in [0.2, 0.25) is 0 Å². The van der Waals surface area contributed by atoms with Crippen LogP contribution in [0.5, 0.6) is 11.5 Å². The highest BCUT2D eigenvalue weighted by Crippen LogP contribution is 2.34. The quantitative estimate of drug-likeness (QED) is 0.703. The first kappa shape index (κ1) is 22.1. The third-order valence-corrected chi connectivity index (χ3v) is 4.14. The number of nitrogens with one attached hydrogen (secondary N) is 1. The van der Waals surface area contributed by atoms with E-state index in [1.165, 1.54) is 19.2 Å². The molecule has 0 fully saturated rings. The molecule has 2 aromatic rings. The second-order valence-electron chi connectivity index (χ2n) is 6.28. The maximum atomic E-state index is 13.1. The van der Waals surface area contributed by atoms with Gasteiger partial charge in [-0.25, -0.2) is 0 Å². The van der Waals surface area contributed by atoms with Crippen LogP contribution in [0.1, 0.15) is 36.5 Å². The molecule has 0 aliphatic heterocycles. The van der Waals surface area contributed by atoms with Gasteiger partial charge in [0.2, 0.25) is 0 Å². The molecule has 5 nitrogen and oxygen atoms in total. The van der Waals surface area contributed by atoms with Gasteiger partial charge >= 0.3 is 6.18 Å². The molecule has 1 amide bonds. The third-order valence-electron chi connectivity index (χ3n) is 4.14. The van der Waals surface area contributed by atoms with Gasteiger partial charge in [0.25, 0.3) is 5.91 Å². The molecule has 0 saturated heterocycles. The molecule has 1 atom stereocenters. The molecule has 1 unspecified atom stereocenters. The molecule has 2 aromatic carbocycles. The Balaban J connectivity index is 2.13. The van der Waals surface area contributed by atoms with E-state index in [9.17, 15) is 18.0 Å². The van der Waals surface area contributed by atoms with Crippen molar-refractivity contribution in [3.63, 3.8) is 0 Å². The average molecular weight is 406 g/mol. The molecule has 2 rings (SSSR count). The minimum Gasteiger partial charge on any atom is -0.497 e. The Morgan fingerprint density at radius 1 is 1.21 bits per heavy atom. The lowest BCUT2D eigenvalue weighted by atomic mass is 10.1. The van der Waals surface area contributed by atoms with E-state index in [1.807, 2.05) is 13.0 Å². The van der Waals surface area contributed by atoms with Gasteiger partial charge in [-0.2, -0.15) is 18.4 Å². The molecular formula is C21H21F3N2O3. The maximum Gasteiger partial charge on any atom is 0.417 e. The zero-order valence-corrected chi connectivity index (χ0v) is 16.0. The smallest absolute Gasteiger partial charge is 0.417 e. The van der Waals surface area contributed by atoms with Crippen molar-refractivity contribution in [3.05, 3.63) is 59.2 Å². The summed E-state index contributed by atoms with van der Waals surface area (Å²) in [5.41, 5.74) is -0.783. The third kappa shape index (κ3) is 6.14. The minimum absolute atomic E-state index is 0.119. The highest BCUT2D eigenvalue weighted by molar-refractivity contribution is 5.81. The summed E-state index contributed by atoms with van der Waals surface area (Å²) in [6.45, 7) is 2.06. The van der Waals surface area contributed by atoms with E-state index in [0.717, 1.165) is 17.7 Å². The van der Waals surface area contributed by atoms with Gasteiger partial charge in [-0.1, -0.05) is 25.5 Å². The monoisotopic (exact) mass is 406 g/mol. The van der Waals surface area contributed by atoms with Crippen molar-refractivity contribution in [1.82, 2.24) is 5.32 Å². The Kier molecular flexibility index (Phi) is 7.48. The number of hydrogen-bond acceptors (Lipinski definition) is 4. The Labute approximate surface area is 167 Å². The fourth-order valence-electron chi connectivity index (χ4n) is 2.68. The molecule has 0 aliphatic rings. The van der Waals surface area contributed by atoms with Gasteiger partial charge in [-0.15, -0.1) is 0 Å². The standard InChI is InChI=1S/C21H21F3N2O3/c1-3-5-19(20(27)26-13-14-6-4-7-16(10-14)28-2)29-17-9-8-15(12-25)18(11-17)21(22,23)24/h4,6-11,19H,3,5,13H2,1-2H3,(H,26,27). The number of halogens is 3.